The average Bonchev–Trinajstić information content (AvgIpc) is 3.22. The van der Waals surface area contributed by atoms with Crippen LogP contribution in [0.1, 0.15) is 34.7 Å². The highest BCUT2D eigenvalue weighted by atomic mass is 32.1. The van der Waals surface area contributed by atoms with Crippen LogP contribution in [0.15, 0.2) is 77.9 Å². The van der Waals surface area contributed by atoms with Crippen LogP contribution in [0.25, 0.3) is 0 Å². The fourth-order valence-electron chi connectivity index (χ4n) is 2.82. The summed E-state index contributed by atoms with van der Waals surface area (Å²) in [5, 5.41) is 15.6. The molecule has 3 rings (SSSR count). The summed E-state index contributed by atoms with van der Waals surface area (Å²) in [6, 6.07) is 21.9. The highest BCUT2D eigenvalue weighted by Crippen LogP contribution is 2.30. The number of aliphatic hydroxyl groups is 1. The predicted octanol–water partition coefficient (Wildman–Crippen LogP) is 4.09. The SMILES string of the molecule is CCc1ccc(/C(C)=N\NC(=O)C(O)(c2ccccc2)c2ccccc2)s1. The lowest BCUT2D eigenvalue weighted by molar-refractivity contribution is -0.136. The van der Waals surface area contributed by atoms with Crippen molar-refractivity contribution in [1.82, 2.24) is 5.43 Å². The molecule has 138 valence electrons. The van der Waals surface area contributed by atoms with Crippen LogP contribution in [0.3, 0.4) is 0 Å². The van der Waals surface area contributed by atoms with Gasteiger partial charge in [0.2, 0.25) is 0 Å². The van der Waals surface area contributed by atoms with E-state index in [4.69, 9.17) is 0 Å². The van der Waals surface area contributed by atoms with Crippen LogP contribution in [0.2, 0.25) is 0 Å². The number of hydrogen-bond acceptors (Lipinski definition) is 4. The highest BCUT2D eigenvalue weighted by Gasteiger charge is 2.39. The van der Waals surface area contributed by atoms with E-state index in [1.54, 1.807) is 59.9 Å². The Kier molecular flexibility index (Phi) is 5.84. The minimum Gasteiger partial charge on any atom is -0.372 e. The first kappa shape index (κ1) is 19.0. The Balaban J connectivity index is 1.91. The van der Waals surface area contributed by atoms with Crippen molar-refractivity contribution in [3.63, 3.8) is 0 Å². The normalized spacial score (nSPS) is 12.0. The number of nitrogens with one attached hydrogen (secondary N) is 1. The van der Waals surface area contributed by atoms with E-state index in [1.165, 1.54) is 4.88 Å². The first-order valence-electron chi connectivity index (χ1n) is 8.83. The molecule has 0 radical (unpaired) electrons. The van der Waals surface area contributed by atoms with Gasteiger partial charge in [-0.3, -0.25) is 4.79 Å². The number of rotatable bonds is 6. The number of carbonyl (C=O) groups is 1. The predicted molar refractivity (Wildman–Crippen MR) is 110 cm³/mol. The van der Waals surface area contributed by atoms with Gasteiger partial charge < -0.3 is 5.11 Å². The lowest BCUT2D eigenvalue weighted by Crippen LogP contribution is -2.43. The minimum absolute atomic E-state index is 0.492. The molecule has 5 heteroatoms. The first-order chi connectivity index (χ1) is 13.1. The van der Waals surface area contributed by atoms with Crippen molar-refractivity contribution in [2.75, 3.05) is 0 Å². The quantitative estimate of drug-likeness (QED) is 0.501. The summed E-state index contributed by atoms with van der Waals surface area (Å²) in [7, 11) is 0. The molecule has 0 aliphatic heterocycles. The van der Waals surface area contributed by atoms with Gasteiger partial charge in [0.15, 0.2) is 5.60 Å². The molecule has 0 aliphatic rings. The van der Waals surface area contributed by atoms with Gasteiger partial charge >= 0.3 is 0 Å². The zero-order valence-corrected chi connectivity index (χ0v) is 16.2. The maximum Gasteiger partial charge on any atom is 0.281 e. The van der Waals surface area contributed by atoms with Crippen molar-refractivity contribution in [2.24, 2.45) is 5.10 Å². The van der Waals surface area contributed by atoms with E-state index in [0.717, 1.165) is 11.3 Å². The van der Waals surface area contributed by atoms with E-state index in [-0.39, 0.29) is 0 Å². The summed E-state index contributed by atoms with van der Waals surface area (Å²) in [4.78, 5) is 15.3. The fraction of sp³-hybridized carbons (Fsp3) is 0.182. The summed E-state index contributed by atoms with van der Waals surface area (Å²) >= 11 is 1.65. The largest absolute Gasteiger partial charge is 0.372 e. The number of hydrogen-bond donors (Lipinski definition) is 2. The standard InChI is InChI=1S/C22H22N2O2S/c1-3-19-14-15-20(27-19)16(2)23-24-21(25)22(26,17-10-6-4-7-11-17)18-12-8-5-9-13-18/h4-15,26H,3H2,1-2H3,(H,24,25)/b23-16-. The van der Waals surface area contributed by atoms with Gasteiger partial charge in [-0.05, 0) is 36.6 Å². The van der Waals surface area contributed by atoms with Crippen molar-refractivity contribution in [1.29, 1.82) is 0 Å². The third-order valence-electron chi connectivity index (χ3n) is 4.40. The Morgan fingerprint density at radius 1 is 1.00 bits per heavy atom. The molecular weight excluding hydrogens is 356 g/mol. The van der Waals surface area contributed by atoms with Gasteiger partial charge in [-0.25, -0.2) is 5.43 Å². The van der Waals surface area contributed by atoms with Gasteiger partial charge in [-0.1, -0.05) is 67.6 Å². The van der Waals surface area contributed by atoms with E-state index >= 15 is 0 Å². The number of hydrazone groups is 1. The minimum atomic E-state index is -1.82. The van der Waals surface area contributed by atoms with Crippen LogP contribution in [0, 0.1) is 0 Å². The monoisotopic (exact) mass is 378 g/mol. The van der Waals surface area contributed by atoms with Gasteiger partial charge in [0.25, 0.3) is 5.91 Å². The molecule has 4 nitrogen and oxygen atoms in total. The number of benzene rings is 2. The molecule has 0 bridgehead atoms. The van der Waals surface area contributed by atoms with Crippen LogP contribution < -0.4 is 5.43 Å². The molecule has 1 amide bonds. The topological polar surface area (TPSA) is 61.7 Å². The molecule has 27 heavy (non-hydrogen) atoms. The van der Waals surface area contributed by atoms with Gasteiger partial charge in [-0.2, -0.15) is 5.10 Å². The summed E-state index contributed by atoms with van der Waals surface area (Å²) in [5.41, 5.74) is 2.42. The van der Waals surface area contributed by atoms with E-state index < -0.39 is 11.5 Å². The smallest absolute Gasteiger partial charge is 0.281 e. The van der Waals surface area contributed by atoms with Crippen LogP contribution in [-0.4, -0.2) is 16.7 Å². The summed E-state index contributed by atoms with van der Waals surface area (Å²) in [6.45, 7) is 3.94. The first-order valence-corrected chi connectivity index (χ1v) is 9.64. The van der Waals surface area contributed by atoms with E-state index in [1.807, 2.05) is 25.1 Å². The molecule has 1 aromatic heterocycles. The number of thiophene rings is 1. The van der Waals surface area contributed by atoms with Crippen LogP contribution in [0.5, 0.6) is 0 Å². The van der Waals surface area contributed by atoms with Crippen molar-refractivity contribution < 1.29 is 9.90 Å². The van der Waals surface area contributed by atoms with Crippen LogP contribution in [0.4, 0.5) is 0 Å². The van der Waals surface area contributed by atoms with Crippen molar-refractivity contribution in [2.45, 2.75) is 25.9 Å². The molecule has 0 saturated heterocycles. The van der Waals surface area contributed by atoms with Gasteiger partial charge in [-0.15, -0.1) is 11.3 Å². The van der Waals surface area contributed by atoms with Crippen molar-refractivity contribution in [3.05, 3.63) is 93.7 Å². The molecule has 0 unspecified atom stereocenters. The Labute approximate surface area is 163 Å². The lowest BCUT2D eigenvalue weighted by Gasteiger charge is -2.27. The molecule has 0 fully saturated rings. The molecule has 2 N–H and O–H groups in total. The maximum atomic E-state index is 13.0. The van der Waals surface area contributed by atoms with Gasteiger partial charge in [0.1, 0.15) is 0 Å². The second-order valence-corrected chi connectivity index (χ2v) is 7.37. The van der Waals surface area contributed by atoms with Crippen LogP contribution in [-0.2, 0) is 16.8 Å². The average molecular weight is 378 g/mol. The molecule has 1 heterocycles. The van der Waals surface area contributed by atoms with Crippen molar-refractivity contribution in [3.8, 4) is 0 Å². The number of carbonyl (C=O) groups excluding carboxylic acids is 1. The summed E-state index contributed by atoms with van der Waals surface area (Å²) < 4.78 is 0. The molecule has 0 spiro atoms. The second-order valence-electron chi connectivity index (χ2n) is 6.20. The molecular formula is C22H22N2O2S. The van der Waals surface area contributed by atoms with Gasteiger partial charge in [0, 0.05) is 4.88 Å². The molecule has 0 atom stereocenters. The van der Waals surface area contributed by atoms with E-state index in [0.29, 0.717) is 16.8 Å². The number of amides is 1. The van der Waals surface area contributed by atoms with E-state index in [2.05, 4.69) is 23.5 Å². The maximum absolute atomic E-state index is 13.0. The molecule has 3 aromatic rings. The molecule has 0 aliphatic carbocycles. The highest BCUT2D eigenvalue weighted by molar-refractivity contribution is 7.14. The Hall–Kier alpha value is -2.76. The van der Waals surface area contributed by atoms with E-state index in [9.17, 15) is 9.90 Å². The molecule has 2 aromatic carbocycles. The summed E-state index contributed by atoms with van der Waals surface area (Å²) in [6.07, 6.45) is 0.964. The Bertz CT molecular complexity index is 894. The number of nitrogens with zero attached hydrogens (tertiary/aromatic N) is 1. The Morgan fingerprint density at radius 2 is 1.56 bits per heavy atom. The lowest BCUT2D eigenvalue weighted by atomic mass is 9.85. The third-order valence-corrected chi connectivity index (χ3v) is 5.74. The van der Waals surface area contributed by atoms with Crippen molar-refractivity contribution >= 4 is 23.0 Å². The van der Waals surface area contributed by atoms with Crippen LogP contribution >= 0.6 is 11.3 Å². The molecule has 0 saturated carbocycles. The second kappa shape index (κ2) is 8.29. The zero-order valence-electron chi connectivity index (χ0n) is 15.3. The number of aryl methyl sites for hydroxylation is 1. The zero-order chi connectivity index (χ0) is 19.3. The Morgan fingerprint density at radius 3 is 2.04 bits per heavy atom. The third kappa shape index (κ3) is 3.99. The van der Waals surface area contributed by atoms with Gasteiger partial charge in [0.05, 0.1) is 10.6 Å². The fourth-order valence-corrected chi connectivity index (χ4v) is 3.71. The summed E-state index contributed by atoms with van der Waals surface area (Å²) in [5.74, 6) is -0.591.